The molecule has 2 heteroatoms. The minimum absolute atomic E-state index is 0.164. The number of ketones is 1. The van der Waals surface area contributed by atoms with E-state index in [1.807, 2.05) is 13.0 Å². The van der Waals surface area contributed by atoms with Crippen molar-refractivity contribution in [2.24, 2.45) is 5.92 Å². The zero-order valence-corrected chi connectivity index (χ0v) is 10.0. The zero-order chi connectivity index (χ0) is 10.8. The summed E-state index contributed by atoms with van der Waals surface area (Å²) in [7, 11) is 0. The van der Waals surface area contributed by atoms with Crippen molar-refractivity contribution in [1.29, 1.82) is 0 Å². The number of rotatable bonds is 3. The molecular formula is C13H16OS. The van der Waals surface area contributed by atoms with Crippen molar-refractivity contribution in [3.63, 3.8) is 0 Å². The molecule has 1 aliphatic heterocycles. The lowest BCUT2D eigenvalue weighted by Gasteiger charge is -2.12. The van der Waals surface area contributed by atoms with Gasteiger partial charge in [-0.1, -0.05) is 32.0 Å². The number of hydrogen-bond donors (Lipinski definition) is 0. The molecule has 1 aliphatic rings. The molecule has 80 valence electrons. The van der Waals surface area contributed by atoms with E-state index in [0.29, 0.717) is 5.78 Å². The summed E-state index contributed by atoms with van der Waals surface area (Å²) in [5.74, 6) is 0.621. The molecule has 1 heterocycles. The van der Waals surface area contributed by atoms with E-state index >= 15 is 0 Å². The van der Waals surface area contributed by atoms with Gasteiger partial charge in [-0.15, -0.1) is 11.8 Å². The first-order valence-electron chi connectivity index (χ1n) is 5.50. The van der Waals surface area contributed by atoms with Crippen LogP contribution in [0, 0.1) is 5.92 Å². The van der Waals surface area contributed by atoms with E-state index in [-0.39, 0.29) is 11.2 Å². The van der Waals surface area contributed by atoms with Crippen LogP contribution in [0.25, 0.3) is 0 Å². The first-order chi connectivity index (χ1) is 7.22. The largest absolute Gasteiger partial charge is 0.298 e. The number of hydrogen-bond acceptors (Lipinski definition) is 2. The lowest BCUT2D eigenvalue weighted by atomic mass is 9.97. The second-order valence-electron chi connectivity index (χ2n) is 4.13. The van der Waals surface area contributed by atoms with Crippen molar-refractivity contribution >= 4 is 17.5 Å². The number of fused-ring (bicyclic) bond motifs is 1. The summed E-state index contributed by atoms with van der Waals surface area (Å²) in [6.07, 6.45) is 1.87. The maximum absolute atomic E-state index is 12.0. The van der Waals surface area contributed by atoms with Crippen LogP contribution in [0.2, 0.25) is 0 Å². The van der Waals surface area contributed by atoms with Gasteiger partial charge in [-0.2, -0.15) is 0 Å². The first-order valence-corrected chi connectivity index (χ1v) is 6.38. The monoisotopic (exact) mass is 220 g/mol. The van der Waals surface area contributed by atoms with Crippen LogP contribution in [-0.4, -0.2) is 11.0 Å². The Labute approximate surface area is 95.3 Å². The number of Topliss-reactive ketones (excluding diaryl/α,β-unsaturated/α-hetero) is 1. The molecule has 0 saturated carbocycles. The Balaban J connectivity index is 2.10. The molecule has 0 bridgehead atoms. The molecule has 2 unspecified atom stereocenters. The predicted octanol–water partition coefficient (Wildman–Crippen LogP) is 3.32. The molecule has 1 aromatic rings. The van der Waals surface area contributed by atoms with Gasteiger partial charge in [0.15, 0.2) is 0 Å². The van der Waals surface area contributed by atoms with Crippen LogP contribution >= 0.6 is 11.8 Å². The minimum atomic E-state index is 0.164. The van der Waals surface area contributed by atoms with Crippen LogP contribution in [0.4, 0.5) is 0 Å². The fourth-order valence-corrected chi connectivity index (χ4v) is 3.24. The molecule has 0 fully saturated rings. The molecule has 15 heavy (non-hydrogen) atoms. The van der Waals surface area contributed by atoms with E-state index in [1.54, 1.807) is 11.8 Å². The lowest BCUT2D eigenvalue weighted by molar-refractivity contribution is -0.121. The molecule has 0 saturated heterocycles. The molecular weight excluding hydrogens is 204 g/mol. The van der Waals surface area contributed by atoms with Gasteiger partial charge in [0.05, 0.1) is 5.25 Å². The first kappa shape index (κ1) is 10.7. The van der Waals surface area contributed by atoms with Crippen LogP contribution in [-0.2, 0) is 11.2 Å². The summed E-state index contributed by atoms with van der Waals surface area (Å²) in [5, 5.41) is 0.164. The Bertz CT molecular complexity index is 348. The topological polar surface area (TPSA) is 17.1 Å². The summed E-state index contributed by atoms with van der Waals surface area (Å²) < 4.78 is 0. The number of benzene rings is 1. The Kier molecular flexibility index (Phi) is 3.15. The second-order valence-corrected chi connectivity index (χ2v) is 5.37. The van der Waals surface area contributed by atoms with Gasteiger partial charge in [-0.25, -0.2) is 0 Å². The van der Waals surface area contributed by atoms with Crippen LogP contribution < -0.4 is 0 Å². The van der Waals surface area contributed by atoms with E-state index in [9.17, 15) is 4.79 Å². The Morgan fingerprint density at radius 3 is 2.93 bits per heavy atom. The third-order valence-corrected chi connectivity index (χ3v) is 4.40. The summed E-state index contributed by atoms with van der Waals surface area (Å²) in [5.41, 5.74) is 1.34. The average Bonchev–Trinajstić information content (AvgIpc) is 2.70. The van der Waals surface area contributed by atoms with Gasteiger partial charge in [0, 0.05) is 10.8 Å². The quantitative estimate of drug-likeness (QED) is 0.777. The summed E-state index contributed by atoms with van der Waals surface area (Å²) >= 11 is 1.74. The molecule has 2 atom stereocenters. The molecule has 1 nitrogen and oxygen atoms in total. The minimum Gasteiger partial charge on any atom is -0.298 e. The number of carbonyl (C=O) groups excluding carboxylic acids is 1. The van der Waals surface area contributed by atoms with Gasteiger partial charge in [0.25, 0.3) is 0 Å². The van der Waals surface area contributed by atoms with Gasteiger partial charge < -0.3 is 0 Å². The smallest absolute Gasteiger partial charge is 0.149 e. The van der Waals surface area contributed by atoms with Gasteiger partial charge in [-0.05, 0) is 24.5 Å². The highest BCUT2D eigenvalue weighted by molar-refractivity contribution is 8.01. The zero-order valence-electron chi connectivity index (χ0n) is 9.19. The van der Waals surface area contributed by atoms with E-state index in [2.05, 4.69) is 25.1 Å². The fraction of sp³-hybridized carbons (Fsp3) is 0.462. The van der Waals surface area contributed by atoms with Crippen LogP contribution in [0.5, 0.6) is 0 Å². The summed E-state index contributed by atoms with van der Waals surface area (Å²) in [6, 6.07) is 8.34. The normalized spacial score (nSPS) is 21.1. The molecule has 0 aliphatic carbocycles. The molecule has 0 spiro atoms. The maximum atomic E-state index is 12.0. The fourth-order valence-electron chi connectivity index (χ4n) is 1.86. The molecule has 0 radical (unpaired) electrons. The lowest BCUT2D eigenvalue weighted by Crippen LogP contribution is -2.23. The van der Waals surface area contributed by atoms with Crippen LogP contribution in [0.1, 0.15) is 25.8 Å². The molecule has 0 amide bonds. The highest BCUT2D eigenvalue weighted by Crippen LogP contribution is 2.38. The van der Waals surface area contributed by atoms with Gasteiger partial charge >= 0.3 is 0 Å². The van der Waals surface area contributed by atoms with E-state index < -0.39 is 0 Å². The third kappa shape index (κ3) is 2.10. The number of carbonyl (C=O) groups is 1. The molecule has 2 rings (SSSR count). The van der Waals surface area contributed by atoms with Crippen molar-refractivity contribution in [3.8, 4) is 0 Å². The van der Waals surface area contributed by atoms with Crippen molar-refractivity contribution in [3.05, 3.63) is 29.8 Å². The van der Waals surface area contributed by atoms with E-state index in [4.69, 9.17) is 0 Å². The van der Waals surface area contributed by atoms with Crippen LogP contribution in [0.3, 0.4) is 0 Å². The van der Waals surface area contributed by atoms with Crippen molar-refractivity contribution in [2.75, 3.05) is 0 Å². The third-order valence-electron chi connectivity index (χ3n) is 3.06. The SMILES string of the molecule is CCC(C)C(=O)C1Cc2ccccc2S1. The Morgan fingerprint density at radius 2 is 2.27 bits per heavy atom. The van der Waals surface area contributed by atoms with E-state index in [1.165, 1.54) is 10.5 Å². The molecule has 1 aromatic carbocycles. The number of thioether (sulfide) groups is 1. The highest BCUT2D eigenvalue weighted by Gasteiger charge is 2.29. The molecule has 0 N–H and O–H groups in total. The Hall–Kier alpha value is -0.760. The summed E-state index contributed by atoms with van der Waals surface area (Å²) in [4.78, 5) is 13.3. The van der Waals surface area contributed by atoms with Gasteiger partial charge in [0.2, 0.25) is 0 Å². The van der Waals surface area contributed by atoms with Crippen LogP contribution in [0.15, 0.2) is 29.2 Å². The highest BCUT2D eigenvalue weighted by atomic mass is 32.2. The van der Waals surface area contributed by atoms with E-state index in [0.717, 1.165) is 12.8 Å². The average molecular weight is 220 g/mol. The summed E-state index contributed by atoms with van der Waals surface area (Å²) in [6.45, 7) is 4.11. The standard InChI is InChI=1S/C13H16OS/c1-3-9(2)13(14)12-8-10-6-4-5-7-11(10)15-12/h4-7,9,12H,3,8H2,1-2H3. The maximum Gasteiger partial charge on any atom is 0.149 e. The van der Waals surface area contributed by atoms with Crippen molar-refractivity contribution in [2.45, 2.75) is 36.8 Å². The second kappa shape index (κ2) is 4.40. The predicted molar refractivity (Wildman–Crippen MR) is 64.3 cm³/mol. The van der Waals surface area contributed by atoms with Gasteiger partial charge in [-0.3, -0.25) is 4.79 Å². The van der Waals surface area contributed by atoms with Crippen molar-refractivity contribution in [1.82, 2.24) is 0 Å². The Morgan fingerprint density at radius 1 is 1.53 bits per heavy atom. The van der Waals surface area contributed by atoms with Gasteiger partial charge in [0.1, 0.15) is 5.78 Å². The molecule has 0 aromatic heterocycles. The van der Waals surface area contributed by atoms with Crippen molar-refractivity contribution < 1.29 is 4.79 Å².